The van der Waals surface area contributed by atoms with Gasteiger partial charge in [0.05, 0.1) is 16.7 Å². The largest absolute Gasteiger partial charge is 0.390 e. The van der Waals surface area contributed by atoms with Gasteiger partial charge in [0.15, 0.2) is 0 Å². The van der Waals surface area contributed by atoms with Crippen molar-refractivity contribution in [3.8, 4) is 0 Å². The molecule has 0 spiro atoms. The molecule has 0 aliphatic heterocycles. The van der Waals surface area contributed by atoms with Crippen LogP contribution >= 0.6 is 15.9 Å². The minimum Gasteiger partial charge on any atom is -0.390 e. The smallest absolute Gasteiger partial charge is 0.137 e. The van der Waals surface area contributed by atoms with Gasteiger partial charge in [-0.15, -0.1) is 0 Å². The molecule has 0 aromatic heterocycles. The molecule has 2 nitrogen and oxygen atoms in total. The SMILES string of the molecule is CCCC(OC)C(O)Cc1cccc(F)c1Br. The van der Waals surface area contributed by atoms with E-state index in [0.29, 0.717) is 10.9 Å². The van der Waals surface area contributed by atoms with E-state index in [1.165, 1.54) is 6.07 Å². The summed E-state index contributed by atoms with van der Waals surface area (Å²) in [5, 5.41) is 10.0. The van der Waals surface area contributed by atoms with Crippen LogP contribution in [0.2, 0.25) is 0 Å². The molecule has 0 radical (unpaired) electrons. The first-order valence-corrected chi connectivity index (χ1v) is 6.53. The summed E-state index contributed by atoms with van der Waals surface area (Å²) in [6, 6.07) is 4.83. The van der Waals surface area contributed by atoms with Crippen LogP contribution in [0.3, 0.4) is 0 Å². The first kappa shape index (κ1) is 14.6. The van der Waals surface area contributed by atoms with Crippen molar-refractivity contribution in [2.45, 2.75) is 38.4 Å². The number of rotatable bonds is 6. The third kappa shape index (κ3) is 4.05. The van der Waals surface area contributed by atoms with E-state index in [0.717, 1.165) is 18.4 Å². The zero-order valence-corrected chi connectivity index (χ0v) is 11.7. The number of aliphatic hydroxyl groups excluding tert-OH is 1. The highest BCUT2D eigenvalue weighted by Gasteiger charge is 2.19. The zero-order valence-electron chi connectivity index (χ0n) is 10.1. The third-order valence-electron chi connectivity index (χ3n) is 2.77. The molecule has 17 heavy (non-hydrogen) atoms. The molecule has 4 heteroatoms. The molecule has 2 unspecified atom stereocenters. The molecular formula is C13H18BrFO2. The molecule has 0 heterocycles. The van der Waals surface area contributed by atoms with E-state index in [-0.39, 0.29) is 11.9 Å². The standard InChI is InChI=1S/C13H18BrFO2/c1-3-5-12(17-2)11(16)8-9-6-4-7-10(15)13(9)14/h4,6-7,11-12,16H,3,5,8H2,1-2H3. The topological polar surface area (TPSA) is 29.5 Å². The molecule has 96 valence electrons. The molecule has 1 aromatic carbocycles. The molecule has 0 aliphatic rings. The summed E-state index contributed by atoms with van der Waals surface area (Å²) in [5.41, 5.74) is 0.760. The Morgan fingerprint density at radius 1 is 1.47 bits per heavy atom. The van der Waals surface area contributed by atoms with E-state index in [4.69, 9.17) is 4.74 Å². The number of hydrogen-bond donors (Lipinski definition) is 1. The van der Waals surface area contributed by atoms with Crippen LogP contribution in [-0.2, 0) is 11.2 Å². The van der Waals surface area contributed by atoms with Crippen molar-refractivity contribution < 1.29 is 14.2 Å². The minimum absolute atomic E-state index is 0.199. The predicted octanol–water partition coefficient (Wildman–Crippen LogP) is 3.31. The summed E-state index contributed by atoms with van der Waals surface area (Å²) < 4.78 is 19.0. The van der Waals surface area contributed by atoms with Crippen LogP contribution in [0, 0.1) is 5.82 Å². The second-order valence-corrected chi connectivity index (χ2v) is 4.84. The predicted molar refractivity (Wildman–Crippen MR) is 69.5 cm³/mol. The fourth-order valence-electron chi connectivity index (χ4n) is 1.81. The van der Waals surface area contributed by atoms with Crippen LogP contribution in [0.15, 0.2) is 22.7 Å². The highest BCUT2D eigenvalue weighted by atomic mass is 79.9. The van der Waals surface area contributed by atoms with Gasteiger partial charge in [-0.05, 0) is 34.0 Å². The molecule has 1 rings (SSSR count). The quantitative estimate of drug-likeness (QED) is 0.874. The van der Waals surface area contributed by atoms with Gasteiger partial charge in [0.25, 0.3) is 0 Å². The second-order valence-electron chi connectivity index (χ2n) is 4.05. The fourth-order valence-corrected chi connectivity index (χ4v) is 2.24. The third-order valence-corrected chi connectivity index (χ3v) is 3.65. The lowest BCUT2D eigenvalue weighted by atomic mass is 10.0. The first-order valence-electron chi connectivity index (χ1n) is 5.73. The van der Waals surface area contributed by atoms with Gasteiger partial charge in [-0.1, -0.05) is 25.5 Å². The zero-order chi connectivity index (χ0) is 12.8. The number of halogens is 2. The molecule has 1 N–H and O–H groups in total. The normalized spacial score (nSPS) is 14.6. The Morgan fingerprint density at radius 3 is 2.76 bits per heavy atom. The molecule has 1 aromatic rings. The summed E-state index contributed by atoms with van der Waals surface area (Å²) in [7, 11) is 1.59. The number of aliphatic hydroxyl groups is 1. The van der Waals surface area contributed by atoms with E-state index in [1.54, 1.807) is 19.2 Å². The molecular weight excluding hydrogens is 287 g/mol. The Kier molecular flexibility index (Phi) is 6.09. The Hall–Kier alpha value is -0.450. The average molecular weight is 305 g/mol. The minimum atomic E-state index is -0.613. The van der Waals surface area contributed by atoms with Crippen LogP contribution in [-0.4, -0.2) is 24.4 Å². The number of hydrogen-bond acceptors (Lipinski definition) is 2. The second kappa shape index (κ2) is 7.09. The maximum absolute atomic E-state index is 13.3. The van der Waals surface area contributed by atoms with Crippen molar-refractivity contribution in [2.75, 3.05) is 7.11 Å². The summed E-state index contributed by atoms with van der Waals surface area (Å²) in [6.45, 7) is 2.04. The van der Waals surface area contributed by atoms with Crippen molar-refractivity contribution in [3.05, 3.63) is 34.1 Å². The number of benzene rings is 1. The Morgan fingerprint density at radius 2 is 2.18 bits per heavy atom. The molecule has 0 fully saturated rings. The van der Waals surface area contributed by atoms with E-state index in [9.17, 15) is 9.50 Å². The summed E-state index contributed by atoms with van der Waals surface area (Å²) in [5.74, 6) is -0.306. The van der Waals surface area contributed by atoms with Crippen molar-refractivity contribution >= 4 is 15.9 Å². The van der Waals surface area contributed by atoms with Crippen LogP contribution < -0.4 is 0 Å². The van der Waals surface area contributed by atoms with Gasteiger partial charge in [-0.25, -0.2) is 4.39 Å². The highest BCUT2D eigenvalue weighted by Crippen LogP contribution is 2.23. The molecule has 0 saturated heterocycles. The van der Waals surface area contributed by atoms with Gasteiger partial charge in [0.2, 0.25) is 0 Å². The van der Waals surface area contributed by atoms with Crippen molar-refractivity contribution in [2.24, 2.45) is 0 Å². The molecule has 0 saturated carbocycles. The maximum atomic E-state index is 13.3. The van der Waals surface area contributed by atoms with Crippen LogP contribution in [0.25, 0.3) is 0 Å². The van der Waals surface area contributed by atoms with Crippen molar-refractivity contribution in [1.29, 1.82) is 0 Å². The lowest BCUT2D eigenvalue weighted by molar-refractivity contribution is -0.0160. The van der Waals surface area contributed by atoms with Crippen LogP contribution in [0.4, 0.5) is 4.39 Å². The fraction of sp³-hybridized carbons (Fsp3) is 0.538. The van der Waals surface area contributed by atoms with Gasteiger partial charge >= 0.3 is 0 Å². The average Bonchev–Trinajstić information content (AvgIpc) is 2.31. The van der Waals surface area contributed by atoms with Crippen LogP contribution in [0.1, 0.15) is 25.3 Å². The van der Waals surface area contributed by atoms with E-state index < -0.39 is 6.10 Å². The Bertz CT molecular complexity index is 357. The van der Waals surface area contributed by atoms with Crippen molar-refractivity contribution in [3.63, 3.8) is 0 Å². The Balaban J connectivity index is 2.72. The highest BCUT2D eigenvalue weighted by molar-refractivity contribution is 9.10. The lowest BCUT2D eigenvalue weighted by Crippen LogP contribution is -2.30. The van der Waals surface area contributed by atoms with Crippen molar-refractivity contribution in [1.82, 2.24) is 0 Å². The first-order chi connectivity index (χ1) is 8.10. The van der Waals surface area contributed by atoms with Crippen LogP contribution in [0.5, 0.6) is 0 Å². The molecule has 0 bridgehead atoms. The van der Waals surface area contributed by atoms with E-state index in [1.807, 2.05) is 6.92 Å². The monoisotopic (exact) mass is 304 g/mol. The molecule has 0 aliphatic carbocycles. The summed E-state index contributed by atoms with van der Waals surface area (Å²) >= 11 is 3.19. The number of methoxy groups -OCH3 is 1. The van der Waals surface area contributed by atoms with E-state index in [2.05, 4.69) is 15.9 Å². The molecule has 2 atom stereocenters. The van der Waals surface area contributed by atoms with Gasteiger partial charge in [-0.2, -0.15) is 0 Å². The lowest BCUT2D eigenvalue weighted by Gasteiger charge is -2.21. The van der Waals surface area contributed by atoms with Gasteiger partial charge in [0.1, 0.15) is 5.82 Å². The van der Waals surface area contributed by atoms with Gasteiger partial charge in [-0.3, -0.25) is 0 Å². The van der Waals surface area contributed by atoms with E-state index >= 15 is 0 Å². The summed E-state index contributed by atoms with van der Waals surface area (Å²) in [6.07, 6.45) is 1.31. The summed E-state index contributed by atoms with van der Waals surface area (Å²) in [4.78, 5) is 0. The Labute approximate surface area is 110 Å². The maximum Gasteiger partial charge on any atom is 0.137 e. The number of ether oxygens (including phenoxy) is 1. The van der Waals surface area contributed by atoms with Gasteiger partial charge < -0.3 is 9.84 Å². The van der Waals surface area contributed by atoms with Gasteiger partial charge in [0, 0.05) is 13.5 Å². The molecule has 0 amide bonds.